The third-order valence-electron chi connectivity index (χ3n) is 5.68. The molecule has 1 aliphatic rings. The quantitative estimate of drug-likeness (QED) is 0.415. The standard InChI is InChI=1S/C23H27BrClNO4S/c1-2-30-23(27)18-9-7-17(8-10-18)15-26(16-19-5-3-4-6-22(19)25)31(28,29)21-13-11-20(24)12-14-21/h3-6,11-14,17-18H,2,7-10,15-16H2,1H3. The van der Waals surface area contributed by atoms with Gasteiger partial charge in [-0.05, 0) is 74.4 Å². The largest absolute Gasteiger partial charge is 0.466 e. The van der Waals surface area contributed by atoms with Crippen LogP contribution in [0.15, 0.2) is 57.9 Å². The Hall–Kier alpha value is -1.41. The van der Waals surface area contributed by atoms with Crippen LogP contribution >= 0.6 is 27.5 Å². The highest BCUT2D eigenvalue weighted by molar-refractivity contribution is 9.10. The first-order chi connectivity index (χ1) is 14.8. The van der Waals surface area contributed by atoms with Crippen LogP contribution in [0.4, 0.5) is 0 Å². The minimum Gasteiger partial charge on any atom is -0.466 e. The number of nitrogens with zero attached hydrogens (tertiary/aromatic N) is 1. The molecule has 31 heavy (non-hydrogen) atoms. The molecule has 0 bridgehead atoms. The van der Waals surface area contributed by atoms with E-state index in [1.807, 2.05) is 25.1 Å². The van der Waals surface area contributed by atoms with E-state index in [9.17, 15) is 13.2 Å². The van der Waals surface area contributed by atoms with Gasteiger partial charge in [0.1, 0.15) is 0 Å². The molecule has 3 rings (SSSR count). The van der Waals surface area contributed by atoms with Crippen LogP contribution in [0.1, 0.15) is 38.2 Å². The number of benzene rings is 2. The van der Waals surface area contributed by atoms with Gasteiger partial charge in [0.05, 0.1) is 17.4 Å². The molecule has 0 spiro atoms. The zero-order chi connectivity index (χ0) is 22.4. The molecule has 168 valence electrons. The Morgan fingerprint density at radius 2 is 1.74 bits per heavy atom. The van der Waals surface area contributed by atoms with Gasteiger partial charge in [-0.3, -0.25) is 4.79 Å². The summed E-state index contributed by atoms with van der Waals surface area (Å²) in [6, 6.07) is 14.0. The van der Waals surface area contributed by atoms with Crippen LogP contribution in [0.2, 0.25) is 5.02 Å². The summed E-state index contributed by atoms with van der Waals surface area (Å²) in [6.45, 7) is 2.79. The molecule has 0 radical (unpaired) electrons. The predicted molar refractivity (Wildman–Crippen MR) is 125 cm³/mol. The first-order valence-electron chi connectivity index (χ1n) is 10.5. The number of ether oxygens (including phenoxy) is 1. The minimum atomic E-state index is -3.71. The van der Waals surface area contributed by atoms with Gasteiger partial charge in [-0.15, -0.1) is 0 Å². The lowest BCUT2D eigenvalue weighted by Crippen LogP contribution is -2.37. The Morgan fingerprint density at radius 1 is 1.10 bits per heavy atom. The van der Waals surface area contributed by atoms with Crippen molar-refractivity contribution >= 4 is 43.5 Å². The molecular formula is C23H27BrClNO4S. The Bertz CT molecular complexity index is 989. The van der Waals surface area contributed by atoms with Crippen molar-refractivity contribution < 1.29 is 17.9 Å². The molecule has 0 heterocycles. The van der Waals surface area contributed by atoms with E-state index in [-0.39, 0.29) is 29.2 Å². The van der Waals surface area contributed by atoms with Crippen molar-refractivity contribution in [2.75, 3.05) is 13.2 Å². The third-order valence-corrected chi connectivity index (χ3v) is 8.41. The Balaban J connectivity index is 1.79. The van der Waals surface area contributed by atoms with Crippen LogP contribution in [0, 0.1) is 11.8 Å². The predicted octanol–water partition coefficient (Wildman–Crippen LogP) is 5.66. The van der Waals surface area contributed by atoms with Gasteiger partial charge < -0.3 is 4.74 Å². The lowest BCUT2D eigenvalue weighted by molar-refractivity contribution is -0.149. The number of esters is 1. The summed E-state index contributed by atoms with van der Waals surface area (Å²) in [4.78, 5) is 12.3. The van der Waals surface area contributed by atoms with Gasteiger partial charge >= 0.3 is 5.97 Å². The topological polar surface area (TPSA) is 63.7 Å². The molecule has 1 fully saturated rings. The van der Waals surface area contributed by atoms with E-state index in [2.05, 4.69) is 15.9 Å². The second-order valence-corrected chi connectivity index (χ2v) is 11.1. The zero-order valence-electron chi connectivity index (χ0n) is 17.5. The average Bonchev–Trinajstić information content (AvgIpc) is 2.75. The summed E-state index contributed by atoms with van der Waals surface area (Å²) < 4.78 is 34.5. The number of carbonyl (C=O) groups is 1. The minimum absolute atomic E-state index is 0.0868. The summed E-state index contributed by atoms with van der Waals surface area (Å²) in [5.41, 5.74) is 0.769. The van der Waals surface area contributed by atoms with Crippen molar-refractivity contribution in [2.24, 2.45) is 11.8 Å². The van der Waals surface area contributed by atoms with Crippen molar-refractivity contribution in [2.45, 2.75) is 44.0 Å². The third kappa shape index (κ3) is 6.31. The Labute approximate surface area is 197 Å². The fourth-order valence-electron chi connectivity index (χ4n) is 3.95. The number of halogens is 2. The Morgan fingerprint density at radius 3 is 2.35 bits per heavy atom. The molecule has 5 nitrogen and oxygen atoms in total. The highest BCUT2D eigenvalue weighted by Crippen LogP contribution is 2.32. The van der Waals surface area contributed by atoms with Gasteiger partial charge in [0, 0.05) is 22.6 Å². The van der Waals surface area contributed by atoms with Crippen LogP contribution in [-0.2, 0) is 26.1 Å². The SMILES string of the molecule is CCOC(=O)C1CCC(CN(Cc2ccccc2Cl)S(=O)(=O)c2ccc(Br)cc2)CC1. The van der Waals surface area contributed by atoms with Crippen LogP contribution in [-0.4, -0.2) is 31.8 Å². The summed E-state index contributed by atoms with van der Waals surface area (Å²) in [5, 5.41) is 0.546. The van der Waals surface area contributed by atoms with Crippen molar-refractivity contribution in [3.8, 4) is 0 Å². The fraction of sp³-hybridized carbons (Fsp3) is 0.435. The monoisotopic (exact) mass is 527 g/mol. The van der Waals surface area contributed by atoms with E-state index < -0.39 is 10.0 Å². The lowest BCUT2D eigenvalue weighted by atomic mass is 9.82. The van der Waals surface area contributed by atoms with Crippen molar-refractivity contribution in [3.63, 3.8) is 0 Å². The first-order valence-corrected chi connectivity index (χ1v) is 13.1. The number of hydrogen-bond donors (Lipinski definition) is 0. The molecule has 0 aliphatic heterocycles. The van der Waals surface area contributed by atoms with E-state index in [0.29, 0.717) is 18.2 Å². The van der Waals surface area contributed by atoms with Crippen LogP contribution in [0.25, 0.3) is 0 Å². The molecule has 0 aromatic heterocycles. The molecule has 1 saturated carbocycles. The number of sulfonamides is 1. The average molecular weight is 529 g/mol. The van der Waals surface area contributed by atoms with Gasteiger partial charge in [-0.2, -0.15) is 4.31 Å². The van der Waals surface area contributed by atoms with Crippen molar-refractivity contribution in [1.82, 2.24) is 4.31 Å². The molecular weight excluding hydrogens is 502 g/mol. The summed E-state index contributed by atoms with van der Waals surface area (Å²) in [6.07, 6.45) is 3.03. The zero-order valence-corrected chi connectivity index (χ0v) is 20.6. The van der Waals surface area contributed by atoms with Crippen LogP contribution < -0.4 is 0 Å². The second kappa shape index (κ2) is 10.9. The van der Waals surface area contributed by atoms with Gasteiger partial charge in [0.25, 0.3) is 0 Å². The number of rotatable bonds is 8. The number of carbonyl (C=O) groups excluding carboxylic acids is 1. The molecule has 0 atom stereocenters. The molecule has 1 aliphatic carbocycles. The smallest absolute Gasteiger partial charge is 0.308 e. The molecule has 0 saturated heterocycles. The highest BCUT2D eigenvalue weighted by Gasteiger charge is 2.32. The molecule has 0 amide bonds. The molecule has 2 aromatic rings. The van der Waals surface area contributed by atoms with Crippen molar-refractivity contribution in [3.05, 3.63) is 63.6 Å². The summed E-state index contributed by atoms with van der Waals surface area (Å²) >= 11 is 9.69. The highest BCUT2D eigenvalue weighted by atomic mass is 79.9. The molecule has 2 aromatic carbocycles. The van der Waals surface area contributed by atoms with Gasteiger partial charge in [-0.25, -0.2) is 8.42 Å². The van der Waals surface area contributed by atoms with E-state index in [1.165, 1.54) is 4.31 Å². The van der Waals surface area contributed by atoms with E-state index in [1.54, 1.807) is 30.3 Å². The summed E-state index contributed by atoms with van der Waals surface area (Å²) in [7, 11) is -3.71. The van der Waals surface area contributed by atoms with Gasteiger partial charge in [0.15, 0.2) is 0 Å². The molecule has 8 heteroatoms. The van der Waals surface area contributed by atoms with E-state index in [4.69, 9.17) is 16.3 Å². The first kappa shape index (κ1) is 24.2. The second-order valence-electron chi connectivity index (χ2n) is 7.81. The molecule has 0 N–H and O–H groups in total. The Kier molecular flexibility index (Phi) is 8.56. The normalized spacial score (nSPS) is 19.4. The maximum Gasteiger partial charge on any atom is 0.308 e. The summed E-state index contributed by atoms with van der Waals surface area (Å²) in [5.74, 6) is -0.0500. The van der Waals surface area contributed by atoms with Crippen LogP contribution in [0.3, 0.4) is 0 Å². The number of hydrogen-bond acceptors (Lipinski definition) is 4. The maximum absolute atomic E-state index is 13.5. The van der Waals surface area contributed by atoms with E-state index >= 15 is 0 Å². The van der Waals surface area contributed by atoms with Gasteiger partial charge in [-0.1, -0.05) is 45.7 Å². The molecule has 0 unspecified atom stereocenters. The maximum atomic E-state index is 13.5. The fourth-order valence-corrected chi connectivity index (χ4v) is 5.90. The van der Waals surface area contributed by atoms with Crippen LogP contribution in [0.5, 0.6) is 0 Å². The van der Waals surface area contributed by atoms with Gasteiger partial charge in [0.2, 0.25) is 10.0 Å². The van der Waals surface area contributed by atoms with Crippen molar-refractivity contribution in [1.29, 1.82) is 0 Å². The van der Waals surface area contributed by atoms with E-state index in [0.717, 1.165) is 35.7 Å². The lowest BCUT2D eigenvalue weighted by Gasteiger charge is -2.32.